The fourth-order valence-electron chi connectivity index (χ4n) is 1.47. The standard InChI is InChI=1S/C11H14N2O3/c1-7-6-8(3-5-10(14)15)2-4-9(7)11(12)13-16/h2,4,6,16H,3,5H2,1H3,(H2,12,13)(H,14,15). The SMILES string of the molecule is Cc1cc(CCC(=O)O)ccc1/C(N)=N\O. The van der Waals surface area contributed by atoms with E-state index in [9.17, 15) is 4.79 Å². The van der Waals surface area contributed by atoms with E-state index < -0.39 is 5.97 Å². The van der Waals surface area contributed by atoms with Crippen molar-refractivity contribution < 1.29 is 15.1 Å². The first kappa shape index (κ1) is 12.0. The molecule has 1 rings (SSSR count). The van der Waals surface area contributed by atoms with Gasteiger partial charge in [-0.2, -0.15) is 0 Å². The first-order valence-corrected chi connectivity index (χ1v) is 4.84. The number of nitrogens with zero attached hydrogens (tertiary/aromatic N) is 1. The molecule has 0 fully saturated rings. The molecule has 0 heterocycles. The number of carboxylic acids is 1. The maximum absolute atomic E-state index is 10.4. The van der Waals surface area contributed by atoms with Gasteiger partial charge in [0.05, 0.1) is 0 Å². The minimum atomic E-state index is -0.821. The van der Waals surface area contributed by atoms with Crippen LogP contribution in [0.2, 0.25) is 0 Å². The summed E-state index contributed by atoms with van der Waals surface area (Å²) in [5.74, 6) is -0.763. The van der Waals surface area contributed by atoms with Crippen LogP contribution in [0.3, 0.4) is 0 Å². The number of rotatable bonds is 4. The molecule has 0 spiro atoms. The van der Waals surface area contributed by atoms with E-state index in [1.165, 1.54) is 0 Å². The van der Waals surface area contributed by atoms with Crippen molar-refractivity contribution in [3.63, 3.8) is 0 Å². The van der Waals surface area contributed by atoms with Gasteiger partial charge in [-0.25, -0.2) is 0 Å². The third-order valence-corrected chi connectivity index (χ3v) is 2.30. The summed E-state index contributed by atoms with van der Waals surface area (Å²) >= 11 is 0. The minimum Gasteiger partial charge on any atom is -0.481 e. The molecule has 5 nitrogen and oxygen atoms in total. The van der Waals surface area contributed by atoms with Gasteiger partial charge in [0.2, 0.25) is 0 Å². The summed E-state index contributed by atoms with van der Waals surface area (Å²) in [5.41, 5.74) is 7.91. The second kappa shape index (κ2) is 5.16. The lowest BCUT2D eigenvalue weighted by Gasteiger charge is -2.06. The number of benzene rings is 1. The molecule has 0 amide bonds. The van der Waals surface area contributed by atoms with Gasteiger partial charge in [0.15, 0.2) is 5.84 Å². The van der Waals surface area contributed by atoms with Gasteiger partial charge < -0.3 is 16.0 Å². The molecule has 5 heteroatoms. The van der Waals surface area contributed by atoms with Crippen LogP contribution in [0.5, 0.6) is 0 Å². The van der Waals surface area contributed by atoms with E-state index in [0.717, 1.165) is 11.1 Å². The summed E-state index contributed by atoms with van der Waals surface area (Å²) in [6, 6.07) is 5.35. The van der Waals surface area contributed by atoms with Gasteiger partial charge in [-0.3, -0.25) is 4.79 Å². The average Bonchev–Trinajstić information content (AvgIpc) is 2.25. The Bertz CT molecular complexity index is 427. The molecule has 0 aromatic heterocycles. The van der Waals surface area contributed by atoms with Gasteiger partial charge >= 0.3 is 5.97 Å². The van der Waals surface area contributed by atoms with Crippen LogP contribution >= 0.6 is 0 Å². The molecule has 86 valence electrons. The van der Waals surface area contributed by atoms with Gasteiger partial charge in [0.25, 0.3) is 0 Å². The van der Waals surface area contributed by atoms with Crippen LogP contribution in [0.4, 0.5) is 0 Å². The average molecular weight is 222 g/mol. The number of aliphatic carboxylic acids is 1. The molecule has 0 saturated carbocycles. The molecule has 1 aromatic rings. The zero-order valence-corrected chi connectivity index (χ0v) is 8.97. The van der Waals surface area contributed by atoms with E-state index in [2.05, 4.69) is 5.16 Å². The smallest absolute Gasteiger partial charge is 0.303 e. The highest BCUT2D eigenvalue weighted by Crippen LogP contribution is 2.12. The maximum atomic E-state index is 10.4. The summed E-state index contributed by atoms with van der Waals surface area (Å²) in [7, 11) is 0. The lowest BCUT2D eigenvalue weighted by molar-refractivity contribution is -0.136. The van der Waals surface area contributed by atoms with E-state index >= 15 is 0 Å². The van der Waals surface area contributed by atoms with Crippen molar-refractivity contribution in [3.8, 4) is 0 Å². The lowest BCUT2D eigenvalue weighted by atomic mass is 10.0. The van der Waals surface area contributed by atoms with Crippen LogP contribution < -0.4 is 5.73 Å². The Morgan fingerprint density at radius 1 is 1.50 bits per heavy atom. The number of carbonyl (C=O) groups is 1. The van der Waals surface area contributed by atoms with Crippen LogP contribution in [0.15, 0.2) is 23.4 Å². The van der Waals surface area contributed by atoms with Crippen molar-refractivity contribution >= 4 is 11.8 Å². The maximum Gasteiger partial charge on any atom is 0.303 e. The summed E-state index contributed by atoms with van der Waals surface area (Å²) in [5, 5.41) is 20.0. The number of carboxylic acid groups (broad SMARTS) is 1. The second-order valence-electron chi connectivity index (χ2n) is 3.53. The van der Waals surface area contributed by atoms with Crippen LogP contribution in [-0.4, -0.2) is 22.1 Å². The molecule has 4 N–H and O–H groups in total. The normalized spacial score (nSPS) is 11.4. The monoisotopic (exact) mass is 222 g/mol. The van der Waals surface area contributed by atoms with Crippen molar-refractivity contribution in [2.24, 2.45) is 10.9 Å². The van der Waals surface area contributed by atoms with E-state index in [1.807, 2.05) is 13.0 Å². The molecule has 0 atom stereocenters. The predicted octanol–water partition coefficient (Wildman–Crippen LogP) is 1.11. The van der Waals surface area contributed by atoms with Crippen LogP contribution in [0.1, 0.15) is 23.1 Å². The van der Waals surface area contributed by atoms with E-state index in [0.29, 0.717) is 12.0 Å². The van der Waals surface area contributed by atoms with Crippen molar-refractivity contribution in [3.05, 3.63) is 34.9 Å². The van der Waals surface area contributed by atoms with Crippen molar-refractivity contribution in [2.45, 2.75) is 19.8 Å². The van der Waals surface area contributed by atoms with Crippen molar-refractivity contribution in [1.29, 1.82) is 0 Å². The molecule has 1 aromatic carbocycles. The van der Waals surface area contributed by atoms with Gasteiger partial charge in [0, 0.05) is 12.0 Å². The Morgan fingerprint density at radius 2 is 2.19 bits per heavy atom. The number of aryl methyl sites for hydroxylation is 2. The molecular formula is C11H14N2O3. The Labute approximate surface area is 93.2 Å². The highest BCUT2D eigenvalue weighted by molar-refractivity contribution is 5.98. The van der Waals surface area contributed by atoms with Crippen LogP contribution in [0.25, 0.3) is 0 Å². The summed E-state index contributed by atoms with van der Waals surface area (Å²) in [4.78, 5) is 10.4. The molecule has 0 aliphatic carbocycles. The number of oxime groups is 1. The summed E-state index contributed by atoms with van der Waals surface area (Å²) in [6.07, 6.45) is 0.578. The lowest BCUT2D eigenvalue weighted by Crippen LogP contribution is -2.14. The second-order valence-corrected chi connectivity index (χ2v) is 3.53. The number of hydrogen-bond acceptors (Lipinski definition) is 3. The topological polar surface area (TPSA) is 95.9 Å². The summed E-state index contributed by atoms with van der Waals surface area (Å²) in [6.45, 7) is 1.83. The molecule has 0 aliphatic rings. The molecule has 0 aliphatic heterocycles. The quantitative estimate of drug-likeness (QED) is 0.307. The number of hydrogen-bond donors (Lipinski definition) is 3. The number of nitrogens with two attached hydrogens (primary N) is 1. The summed E-state index contributed by atoms with van der Waals surface area (Å²) < 4.78 is 0. The zero-order valence-electron chi connectivity index (χ0n) is 8.97. The fourth-order valence-corrected chi connectivity index (χ4v) is 1.47. The van der Waals surface area contributed by atoms with Crippen LogP contribution in [0, 0.1) is 6.92 Å². The molecule has 0 unspecified atom stereocenters. The third-order valence-electron chi connectivity index (χ3n) is 2.30. The molecule has 0 radical (unpaired) electrons. The Kier molecular flexibility index (Phi) is 3.88. The van der Waals surface area contributed by atoms with E-state index in [1.54, 1.807) is 12.1 Å². The fraction of sp³-hybridized carbons (Fsp3) is 0.273. The first-order chi connectivity index (χ1) is 7.54. The zero-order chi connectivity index (χ0) is 12.1. The van der Waals surface area contributed by atoms with Crippen molar-refractivity contribution in [1.82, 2.24) is 0 Å². The Balaban J connectivity index is 2.87. The predicted molar refractivity (Wildman–Crippen MR) is 59.6 cm³/mol. The Morgan fingerprint density at radius 3 is 2.69 bits per heavy atom. The first-order valence-electron chi connectivity index (χ1n) is 4.84. The van der Waals surface area contributed by atoms with E-state index in [4.69, 9.17) is 16.0 Å². The highest BCUT2D eigenvalue weighted by atomic mass is 16.4. The molecule has 16 heavy (non-hydrogen) atoms. The molecule has 0 bridgehead atoms. The van der Waals surface area contributed by atoms with Gasteiger partial charge in [-0.05, 0) is 24.5 Å². The minimum absolute atomic E-state index is 0.0577. The third kappa shape index (κ3) is 2.98. The van der Waals surface area contributed by atoms with Gasteiger partial charge in [0.1, 0.15) is 0 Å². The van der Waals surface area contributed by atoms with Gasteiger partial charge in [-0.15, -0.1) is 0 Å². The largest absolute Gasteiger partial charge is 0.481 e. The molecular weight excluding hydrogens is 208 g/mol. The highest BCUT2D eigenvalue weighted by Gasteiger charge is 2.05. The van der Waals surface area contributed by atoms with Crippen molar-refractivity contribution in [2.75, 3.05) is 0 Å². The Hall–Kier alpha value is -2.04. The van der Waals surface area contributed by atoms with Gasteiger partial charge in [-0.1, -0.05) is 23.4 Å². The van der Waals surface area contributed by atoms with Crippen LogP contribution in [-0.2, 0) is 11.2 Å². The van der Waals surface area contributed by atoms with E-state index in [-0.39, 0.29) is 12.3 Å². The molecule has 0 saturated heterocycles. The number of amidine groups is 1.